The van der Waals surface area contributed by atoms with E-state index in [0.29, 0.717) is 5.82 Å². The zero-order chi connectivity index (χ0) is 11.6. The zero-order valence-electron chi connectivity index (χ0n) is 9.03. The Balaban J connectivity index is 2.94. The molecule has 15 heavy (non-hydrogen) atoms. The minimum Gasteiger partial charge on any atom is -0.368 e. The number of rotatable bonds is 3. The number of carbonyl (C=O) groups is 1. The highest BCUT2D eigenvalue weighted by molar-refractivity contribution is 5.86. The first-order valence-corrected chi connectivity index (χ1v) is 4.50. The predicted octanol–water partition coefficient (Wildman–Crippen LogP) is 0.0430. The van der Waals surface area contributed by atoms with Crippen LogP contribution >= 0.6 is 0 Å². The number of hydrogen-bond acceptors (Lipinski definition) is 5. The molecule has 0 aromatic carbocycles. The maximum Gasteiger partial charge on any atom is 0.242 e. The van der Waals surface area contributed by atoms with Gasteiger partial charge in [0.25, 0.3) is 0 Å². The summed E-state index contributed by atoms with van der Waals surface area (Å²) in [7, 11) is 0. The van der Waals surface area contributed by atoms with Gasteiger partial charge in [-0.1, -0.05) is 0 Å². The van der Waals surface area contributed by atoms with E-state index in [2.05, 4.69) is 15.3 Å². The summed E-state index contributed by atoms with van der Waals surface area (Å²) in [4.78, 5) is 18.9. The van der Waals surface area contributed by atoms with Gasteiger partial charge in [-0.25, -0.2) is 4.98 Å². The second kappa shape index (κ2) is 3.72. The number of primary amides is 1. The van der Waals surface area contributed by atoms with Crippen LogP contribution in [0.2, 0.25) is 0 Å². The molecule has 0 atom stereocenters. The van der Waals surface area contributed by atoms with Crippen LogP contribution in [0.1, 0.15) is 19.5 Å². The van der Waals surface area contributed by atoms with Crippen molar-refractivity contribution in [2.45, 2.75) is 26.3 Å². The van der Waals surface area contributed by atoms with Crippen molar-refractivity contribution in [1.82, 2.24) is 9.97 Å². The van der Waals surface area contributed by atoms with Gasteiger partial charge >= 0.3 is 0 Å². The molecule has 0 aliphatic carbocycles. The van der Waals surface area contributed by atoms with Crippen molar-refractivity contribution in [3.63, 3.8) is 0 Å². The van der Waals surface area contributed by atoms with Crippen molar-refractivity contribution in [1.29, 1.82) is 0 Å². The lowest BCUT2D eigenvalue weighted by Gasteiger charge is -2.22. The first-order chi connectivity index (χ1) is 6.81. The lowest BCUT2D eigenvalue weighted by atomic mass is 10.1. The van der Waals surface area contributed by atoms with E-state index in [1.807, 2.05) is 0 Å². The topological polar surface area (TPSA) is 107 Å². The quantitative estimate of drug-likeness (QED) is 0.651. The van der Waals surface area contributed by atoms with Gasteiger partial charge in [0.05, 0.1) is 0 Å². The summed E-state index contributed by atoms with van der Waals surface area (Å²) in [6.07, 6.45) is 0. The fourth-order valence-corrected chi connectivity index (χ4v) is 1.04. The Morgan fingerprint density at radius 2 is 2.07 bits per heavy atom. The summed E-state index contributed by atoms with van der Waals surface area (Å²) >= 11 is 0. The number of anilines is 2. The molecule has 0 bridgehead atoms. The third kappa shape index (κ3) is 2.80. The summed E-state index contributed by atoms with van der Waals surface area (Å²) in [5.74, 6) is 0.193. The van der Waals surface area contributed by atoms with E-state index in [9.17, 15) is 4.79 Å². The number of amides is 1. The van der Waals surface area contributed by atoms with Crippen molar-refractivity contribution in [2.75, 3.05) is 11.1 Å². The fraction of sp³-hybridized carbons (Fsp3) is 0.444. The second-order valence-electron chi connectivity index (χ2n) is 3.87. The predicted molar refractivity (Wildman–Crippen MR) is 58.1 cm³/mol. The van der Waals surface area contributed by atoms with Crippen LogP contribution in [0.25, 0.3) is 0 Å². The minimum atomic E-state index is -0.868. The summed E-state index contributed by atoms with van der Waals surface area (Å²) in [6.45, 7) is 5.13. The summed E-state index contributed by atoms with van der Waals surface area (Å²) in [5, 5.41) is 2.89. The molecule has 1 aromatic heterocycles. The summed E-state index contributed by atoms with van der Waals surface area (Å²) < 4.78 is 0. The molecule has 0 saturated heterocycles. The molecule has 1 heterocycles. The molecule has 0 radical (unpaired) electrons. The van der Waals surface area contributed by atoms with Gasteiger partial charge in [0, 0.05) is 11.8 Å². The highest BCUT2D eigenvalue weighted by Gasteiger charge is 2.24. The van der Waals surface area contributed by atoms with Gasteiger partial charge in [-0.05, 0) is 20.8 Å². The summed E-state index contributed by atoms with van der Waals surface area (Å²) in [6, 6.07) is 1.70. The van der Waals surface area contributed by atoms with Crippen molar-refractivity contribution in [3.05, 3.63) is 11.8 Å². The molecule has 0 spiro atoms. The number of hydrogen-bond donors (Lipinski definition) is 3. The minimum absolute atomic E-state index is 0.165. The van der Waals surface area contributed by atoms with Gasteiger partial charge in [-0.3, -0.25) is 4.79 Å². The van der Waals surface area contributed by atoms with Crippen molar-refractivity contribution < 1.29 is 4.79 Å². The third-order valence-electron chi connectivity index (χ3n) is 1.93. The van der Waals surface area contributed by atoms with E-state index in [0.717, 1.165) is 5.69 Å². The Labute approximate surface area is 88.1 Å². The van der Waals surface area contributed by atoms with Crippen LogP contribution < -0.4 is 16.8 Å². The maximum atomic E-state index is 11.1. The van der Waals surface area contributed by atoms with Crippen molar-refractivity contribution in [3.8, 4) is 0 Å². The van der Waals surface area contributed by atoms with Gasteiger partial charge in [-0.2, -0.15) is 4.98 Å². The van der Waals surface area contributed by atoms with E-state index < -0.39 is 11.4 Å². The smallest absolute Gasteiger partial charge is 0.242 e. The Hall–Kier alpha value is -1.85. The molecular formula is C9H15N5O. The monoisotopic (exact) mass is 209 g/mol. The standard InChI is InChI=1S/C9H15N5O/c1-5-4-6(13-8(11)12-5)14-9(2,3)7(10)15/h4H,1-3H3,(H2,10,15)(H3,11,12,13,14). The number of nitrogen functional groups attached to an aromatic ring is 1. The normalized spacial score (nSPS) is 11.1. The third-order valence-corrected chi connectivity index (χ3v) is 1.93. The first kappa shape index (κ1) is 11.2. The lowest BCUT2D eigenvalue weighted by Crippen LogP contribution is -2.45. The average molecular weight is 209 g/mol. The molecule has 82 valence electrons. The molecule has 1 amide bonds. The molecule has 0 aliphatic rings. The Morgan fingerprint density at radius 1 is 1.47 bits per heavy atom. The van der Waals surface area contributed by atoms with E-state index >= 15 is 0 Å². The van der Waals surface area contributed by atoms with Gasteiger partial charge in [0.1, 0.15) is 11.4 Å². The molecule has 6 nitrogen and oxygen atoms in total. The Bertz CT molecular complexity index is 368. The number of aryl methyl sites for hydroxylation is 1. The number of nitrogens with two attached hydrogens (primary N) is 2. The summed E-state index contributed by atoms with van der Waals surface area (Å²) in [5.41, 5.74) is 10.6. The molecule has 0 aliphatic heterocycles. The van der Waals surface area contributed by atoms with Crippen LogP contribution in [0.15, 0.2) is 6.07 Å². The molecule has 5 N–H and O–H groups in total. The first-order valence-electron chi connectivity index (χ1n) is 4.50. The van der Waals surface area contributed by atoms with Gasteiger partial charge in [0.15, 0.2) is 0 Å². The van der Waals surface area contributed by atoms with Gasteiger partial charge < -0.3 is 16.8 Å². The highest BCUT2D eigenvalue weighted by Crippen LogP contribution is 2.13. The number of aromatic nitrogens is 2. The van der Waals surface area contributed by atoms with E-state index in [1.165, 1.54) is 0 Å². The van der Waals surface area contributed by atoms with Crippen LogP contribution in [0.4, 0.5) is 11.8 Å². The molecule has 1 rings (SSSR count). The zero-order valence-corrected chi connectivity index (χ0v) is 9.03. The van der Waals surface area contributed by atoms with E-state index in [4.69, 9.17) is 11.5 Å². The Kier molecular flexibility index (Phi) is 2.78. The van der Waals surface area contributed by atoms with Crippen LogP contribution in [0, 0.1) is 6.92 Å². The van der Waals surface area contributed by atoms with Crippen LogP contribution in [-0.4, -0.2) is 21.4 Å². The number of nitrogens with zero attached hydrogens (tertiary/aromatic N) is 2. The largest absolute Gasteiger partial charge is 0.368 e. The van der Waals surface area contributed by atoms with Gasteiger partial charge in [-0.15, -0.1) is 0 Å². The SMILES string of the molecule is Cc1cc(NC(C)(C)C(N)=O)nc(N)n1. The highest BCUT2D eigenvalue weighted by atomic mass is 16.1. The van der Waals surface area contributed by atoms with E-state index in [-0.39, 0.29) is 5.95 Å². The molecule has 1 aromatic rings. The lowest BCUT2D eigenvalue weighted by molar-refractivity contribution is -0.121. The molecular weight excluding hydrogens is 194 g/mol. The second-order valence-corrected chi connectivity index (χ2v) is 3.87. The van der Waals surface area contributed by atoms with Crippen LogP contribution in [0.3, 0.4) is 0 Å². The van der Waals surface area contributed by atoms with Crippen LogP contribution in [0.5, 0.6) is 0 Å². The molecule has 0 unspecified atom stereocenters. The maximum absolute atomic E-state index is 11.1. The molecule has 0 fully saturated rings. The van der Waals surface area contributed by atoms with E-state index in [1.54, 1.807) is 26.8 Å². The number of nitrogens with one attached hydrogen (secondary N) is 1. The van der Waals surface area contributed by atoms with Crippen molar-refractivity contribution in [2.24, 2.45) is 5.73 Å². The van der Waals surface area contributed by atoms with Gasteiger partial charge in [0.2, 0.25) is 11.9 Å². The average Bonchev–Trinajstić information content (AvgIpc) is 1.99. The fourth-order valence-electron chi connectivity index (χ4n) is 1.04. The van der Waals surface area contributed by atoms with Crippen molar-refractivity contribution >= 4 is 17.7 Å². The number of carbonyl (C=O) groups excluding carboxylic acids is 1. The van der Waals surface area contributed by atoms with Crippen LogP contribution in [-0.2, 0) is 4.79 Å². The Morgan fingerprint density at radius 3 is 2.53 bits per heavy atom. The molecule has 0 saturated carbocycles. The molecule has 6 heteroatoms.